The second kappa shape index (κ2) is 14.7. The minimum absolute atomic E-state index is 0.0694. The number of likely N-dealkylation sites (N-methyl/N-ethyl adjacent to an activating group) is 1. The van der Waals surface area contributed by atoms with E-state index in [-0.39, 0.29) is 29.5 Å². The Morgan fingerprint density at radius 1 is 0.886 bits per heavy atom. The van der Waals surface area contributed by atoms with Crippen LogP contribution < -0.4 is 14.4 Å². The molecule has 0 saturated heterocycles. The first-order chi connectivity index (χ1) is 21.1. The Kier molecular flexibility index (Phi) is 10.7. The monoisotopic (exact) mass is 617 g/mol. The van der Waals surface area contributed by atoms with Gasteiger partial charge in [-0.1, -0.05) is 54.6 Å². The summed E-state index contributed by atoms with van der Waals surface area (Å²) in [7, 11) is -2.84. The Labute approximate surface area is 258 Å². The number of hydrogen-bond acceptors (Lipinski definition) is 5. The minimum Gasteiger partial charge on any atom is -0.497 e. The SMILES string of the molecule is CCNC(=O)[C@@H](Cc1ccccc1)N(Cc1ccccc1C)C(=O)CN(c1ccc(F)cc1)S(=O)(=O)c1ccc(OC)cc1. The van der Waals surface area contributed by atoms with Gasteiger partial charge in [0.2, 0.25) is 11.8 Å². The van der Waals surface area contributed by atoms with Crippen LogP contribution in [0.4, 0.5) is 10.1 Å². The number of nitrogens with zero attached hydrogens (tertiary/aromatic N) is 2. The van der Waals surface area contributed by atoms with Crippen molar-refractivity contribution in [1.82, 2.24) is 10.2 Å². The largest absolute Gasteiger partial charge is 0.497 e. The zero-order valence-corrected chi connectivity index (χ0v) is 25.8. The fourth-order valence-electron chi connectivity index (χ4n) is 4.83. The lowest BCUT2D eigenvalue weighted by molar-refractivity contribution is -0.140. The molecule has 0 unspecified atom stereocenters. The summed E-state index contributed by atoms with van der Waals surface area (Å²) in [5.74, 6) is -1.04. The number of halogens is 1. The van der Waals surface area contributed by atoms with E-state index >= 15 is 0 Å². The molecule has 0 fully saturated rings. The van der Waals surface area contributed by atoms with Crippen LogP contribution in [0.3, 0.4) is 0 Å². The highest BCUT2D eigenvalue weighted by Crippen LogP contribution is 2.27. The summed E-state index contributed by atoms with van der Waals surface area (Å²) >= 11 is 0. The molecular formula is C34H36FN3O5S. The highest BCUT2D eigenvalue weighted by Gasteiger charge is 2.34. The molecule has 0 spiro atoms. The lowest BCUT2D eigenvalue weighted by atomic mass is 10.0. The van der Waals surface area contributed by atoms with E-state index in [0.29, 0.717) is 12.3 Å². The molecule has 0 saturated carbocycles. The van der Waals surface area contributed by atoms with E-state index < -0.39 is 34.3 Å². The van der Waals surface area contributed by atoms with Crippen molar-refractivity contribution in [1.29, 1.82) is 0 Å². The van der Waals surface area contributed by atoms with Gasteiger partial charge in [-0.05, 0) is 79.1 Å². The van der Waals surface area contributed by atoms with Crippen LogP contribution in [0.25, 0.3) is 0 Å². The standard InChI is InChI=1S/C34H36FN3O5S/c1-4-36-34(40)32(22-26-11-6-5-7-12-26)37(23-27-13-9-8-10-25(27)2)33(39)24-38(29-16-14-28(35)15-17-29)44(41,42)31-20-18-30(43-3)19-21-31/h5-21,32H,4,22-24H2,1-3H3,(H,36,40)/t32-/m1/s1. The Hall–Kier alpha value is -4.70. The van der Waals surface area contributed by atoms with E-state index in [1.54, 1.807) is 6.92 Å². The Morgan fingerprint density at radius 2 is 1.52 bits per heavy atom. The number of methoxy groups -OCH3 is 1. The van der Waals surface area contributed by atoms with Crippen LogP contribution in [-0.4, -0.2) is 51.4 Å². The molecule has 4 aromatic carbocycles. The van der Waals surface area contributed by atoms with Crippen molar-refractivity contribution in [2.24, 2.45) is 0 Å². The molecule has 0 radical (unpaired) electrons. The van der Waals surface area contributed by atoms with Gasteiger partial charge in [0.25, 0.3) is 10.0 Å². The van der Waals surface area contributed by atoms with Gasteiger partial charge in [0.1, 0.15) is 24.2 Å². The molecule has 0 heterocycles. The average molecular weight is 618 g/mol. The third-order valence-corrected chi connectivity index (χ3v) is 9.05. The fourth-order valence-corrected chi connectivity index (χ4v) is 6.24. The Morgan fingerprint density at radius 3 is 2.14 bits per heavy atom. The number of carbonyl (C=O) groups excluding carboxylic acids is 2. The van der Waals surface area contributed by atoms with Gasteiger partial charge in [0.05, 0.1) is 17.7 Å². The molecular weight excluding hydrogens is 581 g/mol. The van der Waals surface area contributed by atoms with E-state index in [0.717, 1.165) is 33.1 Å². The summed E-state index contributed by atoms with van der Waals surface area (Å²) in [6.07, 6.45) is 0.214. The maximum absolute atomic E-state index is 14.4. The van der Waals surface area contributed by atoms with Crippen LogP contribution in [0.2, 0.25) is 0 Å². The highest BCUT2D eigenvalue weighted by atomic mass is 32.2. The van der Waals surface area contributed by atoms with Gasteiger partial charge in [0, 0.05) is 19.5 Å². The summed E-state index contributed by atoms with van der Waals surface area (Å²) < 4.78 is 48.1. The first kappa shape index (κ1) is 32.2. The summed E-state index contributed by atoms with van der Waals surface area (Å²) in [4.78, 5) is 29.3. The van der Waals surface area contributed by atoms with Gasteiger partial charge in [-0.15, -0.1) is 0 Å². The molecule has 4 rings (SSSR count). The molecule has 230 valence electrons. The molecule has 10 heteroatoms. The van der Waals surface area contributed by atoms with Gasteiger partial charge in [-0.2, -0.15) is 0 Å². The zero-order valence-electron chi connectivity index (χ0n) is 24.9. The maximum Gasteiger partial charge on any atom is 0.264 e. The highest BCUT2D eigenvalue weighted by molar-refractivity contribution is 7.92. The quantitative estimate of drug-likeness (QED) is 0.225. The summed E-state index contributed by atoms with van der Waals surface area (Å²) in [5.41, 5.74) is 2.67. The number of aryl methyl sites for hydroxylation is 1. The number of rotatable bonds is 13. The number of sulfonamides is 1. The predicted octanol–water partition coefficient (Wildman–Crippen LogP) is 5.11. The van der Waals surface area contributed by atoms with Crippen LogP contribution in [-0.2, 0) is 32.6 Å². The second-order valence-corrected chi connectivity index (χ2v) is 12.1. The minimum atomic E-state index is -4.31. The lowest BCUT2D eigenvalue weighted by Crippen LogP contribution is -2.53. The molecule has 0 aromatic heterocycles. The second-order valence-electron chi connectivity index (χ2n) is 10.2. The summed E-state index contributed by atoms with van der Waals surface area (Å²) in [6, 6.07) is 26.6. The van der Waals surface area contributed by atoms with E-state index in [4.69, 9.17) is 4.74 Å². The van der Waals surface area contributed by atoms with Crippen molar-refractivity contribution in [3.8, 4) is 5.75 Å². The average Bonchev–Trinajstić information content (AvgIpc) is 3.03. The number of anilines is 1. The van der Waals surface area contributed by atoms with E-state index in [1.807, 2.05) is 61.5 Å². The molecule has 0 aliphatic heterocycles. The van der Waals surface area contributed by atoms with E-state index in [1.165, 1.54) is 48.4 Å². The lowest BCUT2D eigenvalue weighted by Gasteiger charge is -2.34. The van der Waals surface area contributed by atoms with Crippen molar-refractivity contribution in [3.05, 3.63) is 126 Å². The van der Waals surface area contributed by atoms with E-state index in [2.05, 4.69) is 5.32 Å². The van der Waals surface area contributed by atoms with Gasteiger partial charge >= 0.3 is 0 Å². The maximum atomic E-state index is 14.4. The van der Waals surface area contributed by atoms with Crippen molar-refractivity contribution >= 4 is 27.5 Å². The van der Waals surface area contributed by atoms with Gasteiger partial charge in [-0.3, -0.25) is 13.9 Å². The normalized spacial score (nSPS) is 11.8. The molecule has 4 aromatic rings. The fraction of sp³-hybridized carbons (Fsp3) is 0.235. The van der Waals surface area contributed by atoms with Gasteiger partial charge < -0.3 is 15.0 Å². The molecule has 44 heavy (non-hydrogen) atoms. The number of amides is 2. The van der Waals surface area contributed by atoms with E-state index in [9.17, 15) is 22.4 Å². The van der Waals surface area contributed by atoms with Crippen LogP contribution in [0.15, 0.2) is 108 Å². The molecule has 0 aliphatic carbocycles. The van der Waals surface area contributed by atoms with Crippen molar-refractivity contribution in [2.75, 3.05) is 24.5 Å². The van der Waals surface area contributed by atoms with Crippen LogP contribution in [0.1, 0.15) is 23.6 Å². The number of benzene rings is 4. The smallest absolute Gasteiger partial charge is 0.264 e. The van der Waals surface area contributed by atoms with Gasteiger partial charge in [-0.25, -0.2) is 12.8 Å². The molecule has 8 nitrogen and oxygen atoms in total. The number of nitrogens with one attached hydrogen (secondary N) is 1. The zero-order chi connectivity index (χ0) is 31.7. The number of carbonyl (C=O) groups is 2. The first-order valence-corrected chi connectivity index (χ1v) is 15.7. The van der Waals surface area contributed by atoms with Crippen molar-refractivity contribution in [3.63, 3.8) is 0 Å². The molecule has 1 N–H and O–H groups in total. The number of hydrogen-bond donors (Lipinski definition) is 1. The number of ether oxygens (including phenoxy) is 1. The molecule has 0 bridgehead atoms. The topological polar surface area (TPSA) is 96.0 Å². The Balaban J connectivity index is 1.80. The van der Waals surface area contributed by atoms with Crippen LogP contribution >= 0.6 is 0 Å². The third-order valence-electron chi connectivity index (χ3n) is 7.26. The third kappa shape index (κ3) is 7.82. The van der Waals surface area contributed by atoms with Gasteiger partial charge in [0.15, 0.2) is 0 Å². The molecule has 0 aliphatic rings. The molecule has 2 amide bonds. The first-order valence-electron chi connectivity index (χ1n) is 14.2. The Bertz CT molecular complexity index is 1660. The van der Waals surface area contributed by atoms with Crippen LogP contribution in [0, 0.1) is 12.7 Å². The molecule has 1 atom stereocenters. The summed E-state index contributed by atoms with van der Waals surface area (Å²) in [6.45, 7) is 3.50. The van der Waals surface area contributed by atoms with Crippen LogP contribution in [0.5, 0.6) is 5.75 Å². The predicted molar refractivity (Wildman–Crippen MR) is 168 cm³/mol. The van der Waals surface area contributed by atoms with Crippen molar-refractivity contribution in [2.45, 2.75) is 37.8 Å². The van der Waals surface area contributed by atoms with Crippen molar-refractivity contribution < 1.29 is 27.1 Å². The summed E-state index contributed by atoms with van der Waals surface area (Å²) in [5, 5.41) is 2.84.